The van der Waals surface area contributed by atoms with E-state index in [-0.39, 0.29) is 10.8 Å². The fourth-order valence-corrected chi connectivity index (χ4v) is 9.43. The van der Waals surface area contributed by atoms with E-state index in [4.69, 9.17) is 0 Å². The van der Waals surface area contributed by atoms with Crippen LogP contribution in [-0.2, 0) is 17.3 Å². The largest absolute Gasteiger partial charge is 0.0801 e. The number of hydrogen-bond acceptors (Lipinski definition) is 0. The second-order valence-electron chi connectivity index (χ2n) is 17.4. The average Bonchev–Trinajstić information content (AvgIpc) is 3.81. The van der Waals surface area contributed by atoms with Gasteiger partial charge in [-0.2, -0.15) is 0 Å². The second-order valence-corrected chi connectivity index (χ2v) is 17.4. The summed E-state index contributed by atoms with van der Waals surface area (Å²) in [7, 11) is 0. The Morgan fingerprint density at radius 3 is 1.48 bits per heavy atom. The van der Waals surface area contributed by atoms with Crippen LogP contribution in [0.15, 0.2) is 133 Å². The summed E-state index contributed by atoms with van der Waals surface area (Å²) in [5.41, 5.74) is 18.8. The monoisotopic (exact) mass is 700 g/mol. The molecule has 0 aromatic heterocycles. The van der Waals surface area contributed by atoms with Crippen LogP contribution in [0.25, 0.3) is 40.0 Å². The first-order chi connectivity index (χ1) is 25.9. The molecule has 0 fully saturated rings. The van der Waals surface area contributed by atoms with E-state index in [0.29, 0.717) is 0 Å². The van der Waals surface area contributed by atoms with E-state index in [1.807, 2.05) is 0 Å². The molecule has 0 aliphatic heterocycles. The summed E-state index contributed by atoms with van der Waals surface area (Å²) in [5, 5.41) is 5.58. The highest BCUT2D eigenvalue weighted by Gasteiger charge is 2.29. The summed E-state index contributed by atoms with van der Waals surface area (Å²) < 4.78 is 0. The van der Waals surface area contributed by atoms with Crippen molar-refractivity contribution in [1.29, 1.82) is 0 Å². The topological polar surface area (TPSA) is 0 Å². The van der Waals surface area contributed by atoms with Gasteiger partial charge in [0.2, 0.25) is 0 Å². The van der Waals surface area contributed by atoms with Gasteiger partial charge >= 0.3 is 0 Å². The first-order valence-corrected chi connectivity index (χ1v) is 19.6. The van der Waals surface area contributed by atoms with E-state index >= 15 is 0 Å². The molecule has 2 aliphatic carbocycles. The number of fused-ring (bicyclic) bond motifs is 2. The van der Waals surface area contributed by atoms with Gasteiger partial charge in [0.15, 0.2) is 0 Å². The van der Waals surface area contributed by atoms with Crippen LogP contribution >= 0.6 is 0 Å². The van der Waals surface area contributed by atoms with Crippen molar-refractivity contribution < 1.29 is 0 Å². The molecule has 8 rings (SSSR count). The Labute approximate surface area is 322 Å². The lowest BCUT2D eigenvalue weighted by atomic mass is 9.77. The van der Waals surface area contributed by atoms with Gasteiger partial charge in [-0.1, -0.05) is 175 Å². The van der Waals surface area contributed by atoms with E-state index in [1.165, 1.54) is 98.8 Å². The third kappa shape index (κ3) is 6.53. The van der Waals surface area contributed by atoms with Crippen LogP contribution in [0.1, 0.15) is 98.0 Å². The summed E-state index contributed by atoms with van der Waals surface area (Å²) in [6, 6.07) is 42.2. The predicted octanol–water partition coefficient (Wildman–Crippen LogP) is 12.4. The third-order valence-electron chi connectivity index (χ3n) is 11.4. The molecular formula is C54H52. The summed E-state index contributed by atoms with van der Waals surface area (Å²) in [4.78, 5) is 0. The minimum atomic E-state index is -0.0757. The summed E-state index contributed by atoms with van der Waals surface area (Å²) in [5.74, 6) is 0. The Balaban J connectivity index is 1.52. The highest BCUT2D eigenvalue weighted by atomic mass is 14.3. The molecule has 6 aromatic carbocycles. The third-order valence-corrected chi connectivity index (χ3v) is 11.4. The van der Waals surface area contributed by atoms with Crippen molar-refractivity contribution in [1.82, 2.24) is 0 Å². The molecule has 0 heterocycles. The van der Waals surface area contributed by atoms with Gasteiger partial charge in [-0.3, -0.25) is 0 Å². The van der Waals surface area contributed by atoms with Crippen molar-refractivity contribution in [3.05, 3.63) is 204 Å². The minimum absolute atomic E-state index is 0.0485. The van der Waals surface area contributed by atoms with Crippen LogP contribution < -0.4 is 10.4 Å². The number of aryl methyl sites for hydroxylation is 1. The minimum Gasteiger partial charge on any atom is -0.0801 e. The average molecular weight is 701 g/mol. The van der Waals surface area contributed by atoms with Crippen LogP contribution in [0.2, 0.25) is 0 Å². The second kappa shape index (κ2) is 13.7. The molecule has 0 spiro atoms. The quantitative estimate of drug-likeness (QED) is 0.168. The molecule has 2 aliphatic rings. The molecule has 0 bridgehead atoms. The Kier molecular flexibility index (Phi) is 9.06. The fourth-order valence-electron chi connectivity index (χ4n) is 9.43. The van der Waals surface area contributed by atoms with E-state index in [1.54, 1.807) is 0 Å². The van der Waals surface area contributed by atoms with Crippen molar-refractivity contribution in [2.45, 2.75) is 79.1 Å². The molecule has 54 heavy (non-hydrogen) atoms. The van der Waals surface area contributed by atoms with E-state index in [9.17, 15) is 0 Å². The molecular weight excluding hydrogens is 649 g/mol. The predicted molar refractivity (Wildman–Crippen MR) is 232 cm³/mol. The zero-order chi connectivity index (χ0) is 37.8. The van der Waals surface area contributed by atoms with Gasteiger partial charge in [-0.15, -0.1) is 0 Å². The van der Waals surface area contributed by atoms with Crippen LogP contribution in [0, 0.1) is 24.3 Å². The molecule has 0 amide bonds. The van der Waals surface area contributed by atoms with Gasteiger partial charge in [0.05, 0.1) is 0 Å². The van der Waals surface area contributed by atoms with Crippen molar-refractivity contribution >= 4 is 17.7 Å². The van der Waals surface area contributed by atoms with Crippen LogP contribution in [0.4, 0.5) is 0 Å². The van der Waals surface area contributed by atoms with E-state index < -0.39 is 0 Å². The van der Waals surface area contributed by atoms with Crippen molar-refractivity contribution in [2.24, 2.45) is 0 Å². The molecule has 0 nitrogen and oxygen atoms in total. The standard InChI is InChI=1S/C54H52/c1-35-31-44-34-45-48(43-21-15-16-22-43)36(2)52(54(6,7)8)47(33-38-25-29-42(30-26-38)40-19-13-10-14-20-40)50(45)49(44)46(51(35)53(3,4)5)32-37-23-27-41(28-24-37)39-17-11-9-12-18-39/h9-21,23-33H,22,34H2,1-8H3. The maximum absolute atomic E-state index is 2.52. The molecule has 0 unspecified atom stereocenters. The first-order valence-electron chi connectivity index (χ1n) is 19.6. The number of allylic oxidation sites excluding steroid dienone is 4. The van der Waals surface area contributed by atoms with Gasteiger partial charge in [-0.05, 0) is 148 Å². The molecule has 268 valence electrons. The highest BCUT2D eigenvalue weighted by Crippen LogP contribution is 2.38. The van der Waals surface area contributed by atoms with Gasteiger partial charge < -0.3 is 0 Å². The van der Waals surface area contributed by atoms with Crippen LogP contribution in [0.5, 0.6) is 0 Å². The Morgan fingerprint density at radius 2 is 1.02 bits per heavy atom. The highest BCUT2D eigenvalue weighted by molar-refractivity contribution is 5.79. The van der Waals surface area contributed by atoms with Gasteiger partial charge in [0.1, 0.15) is 0 Å². The lowest BCUT2D eigenvalue weighted by Gasteiger charge is -2.27. The zero-order valence-electron chi connectivity index (χ0n) is 33.3. The van der Waals surface area contributed by atoms with Gasteiger partial charge in [-0.25, -0.2) is 0 Å². The molecule has 0 atom stereocenters. The van der Waals surface area contributed by atoms with Gasteiger partial charge in [0.25, 0.3) is 0 Å². The SMILES string of the molecule is Cc1cc2c(c(=Cc3ccc(-c4ccccc4)cc3)c1C(C)(C)C)=c1c(c(C3=CC=CC3)c(C)c(C(C)(C)C)c1=Cc1ccc(-c3ccccc3)cc1)C2. The van der Waals surface area contributed by atoms with E-state index in [2.05, 4.69) is 201 Å². The Morgan fingerprint density at radius 1 is 0.537 bits per heavy atom. The molecule has 6 aromatic rings. The fraction of sp³-hybridized carbons (Fsp3) is 0.222. The summed E-state index contributed by atoms with van der Waals surface area (Å²) in [6.07, 6.45) is 13.8. The number of hydrogen-bond donors (Lipinski definition) is 0. The Bertz CT molecular complexity index is 2670. The Hall–Kier alpha value is -5.46. The summed E-state index contributed by atoms with van der Waals surface area (Å²) >= 11 is 0. The normalized spacial score (nSPS) is 14.4. The molecule has 0 saturated carbocycles. The number of rotatable bonds is 5. The van der Waals surface area contributed by atoms with Crippen LogP contribution in [-0.4, -0.2) is 0 Å². The number of benzene rings is 6. The molecule has 0 N–H and O–H groups in total. The van der Waals surface area contributed by atoms with E-state index in [0.717, 1.165) is 12.8 Å². The molecule has 0 saturated heterocycles. The zero-order valence-corrected chi connectivity index (χ0v) is 33.3. The molecule has 0 radical (unpaired) electrons. The molecule has 0 heteroatoms. The smallest absolute Gasteiger partial charge is 0.000675 e. The summed E-state index contributed by atoms with van der Waals surface area (Å²) in [6.45, 7) is 19.1. The van der Waals surface area contributed by atoms with Crippen molar-refractivity contribution in [3.63, 3.8) is 0 Å². The van der Waals surface area contributed by atoms with Gasteiger partial charge in [0, 0.05) is 0 Å². The first kappa shape index (κ1) is 35.6. The van der Waals surface area contributed by atoms with Crippen molar-refractivity contribution in [2.75, 3.05) is 0 Å². The maximum atomic E-state index is 2.52. The lowest BCUT2D eigenvalue weighted by Crippen LogP contribution is -2.30. The lowest BCUT2D eigenvalue weighted by molar-refractivity contribution is 0.579. The van der Waals surface area contributed by atoms with Crippen LogP contribution in [0.3, 0.4) is 0 Å². The maximum Gasteiger partial charge on any atom is -0.000675 e. The van der Waals surface area contributed by atoms with Crippen molar-refractivity contribution in [3.8, 4) is 22.3 Å².